The number of piperidine rings is 1. The van der Waals surface area contributed by atoms with Crippen LogP contribution in [-0.2, 0) is 30.4 Å². The maximum atomic E-state index is 13.5. The average Bonchev–Trinajstić information content (AvgIpc) is 2.86. The number of carbonyl (C=O) groups excluding carboxylic acids is 5. The maximum Gasteiger partial charge on any atom is 0.290 e. The van der Waals surface area contributed by atoms with Crippen LogP contribution in [0.2, 0.25) is 0 Å². The summed E-state index contributed by atoms with van der Waals surface area (Å²) in [5.41, 5.74) is 5.67. The van der Waals surface area contributed by atoms with Gasteiger partial charge in [-0.15, -0.1) is 0 Å². The number of nitrogens with zero attached hydrogens (tertiary/aromatic N) is 1. The Morgan fingerprint density at radius 1 is 1.11 bits per heavy atom. The topological polar surface area (TPSA) is 172 Å². The summed E-state index contributed by atoms with van der Waals surface area (Å²) in [6.07, 6.45) is 3.65. The van der Waals surface area contributed by atoms with E-state index in [2.05, 4.69) is 26.3 Å². The molecule has 1 fully saturated rings. The molecule has 2 rings (SSSR count). The van der Waals surface area contributed by atoms with E-state index in [0.29, 0.717) is 13.0 Å². The van der Waals surface area contributed by atoms with Crippen LogP contribution in [0.25, 0.3) is 0 Å². The molecule has 38 heavy (non-hydrogen) atoms. The Labute approximate surface area is 223 Å². The van der Waals surface area contributed by atoms with E-state index in [1.165, 1.54) is 13.3 Å². The average molecular weight is 527 g/mol. The van der Waals surface area contributed by atoms with Crippen LogP contribution < -0.4 is 27.0 Å². The number of nitrogens with two attached hydrogens (primary N) is 1. The van der Waals surface area contributed by atoms with Crippen LogP contribution in [0.4, 0.5) is 0 Å². The van der Waals surface area contributed by atoms with Crippen molar-refractivity contribution in [3.63, 3.8) is 0 Å². The standard InChI is InChI=1S/C27H38N6O5/c1-27(2,3)33-26(38)22(34)20(14-18-11-8-12-30-23(18)35)31-25(37)21(13-17-9-6-5-7-10-17)32-24(36)19(15-28)16-29-4/h5-7,9-10,15-16,18,20-21H,8,11-14,28H2,1-4H3,(H,30,35)(H,31,37)(H,32,36)(H,33,38)/t18-,20-,21-/m0/s1. The third-order valence-electron chi connectivity index (χ3n) is 5.88. The van der Waals surface area contributed by atoms with Gasteiger partial charge in [-0.3, -0.25) is 29.0 Å². The minimum Gasteiger partial charge on any atom is -0.404 e. The molecule has 0 spiro atoms. The Morgan fingerprint density at radius 3 is 2.37 bits per heavy atom. The van der Waals surface area contributed by atoms with Gasteiger partial charge in [-0.05, 0) is 45.6 Å². The zero-order valence-electron chi connectivity index (χ0n) is 22.4. The van der Waals surface area contributed by atoms with Crippen molar-refractivity contribution in [2.24, 2.45) is 16.6 Å². The number of aliphatic imine (C=N–C) groups is 1. The fraction of sp³-hybridized carbons (Fsp3) is 0.481. The maximum absolute atomic E-state index is 13.5. The van der Waals surface area contributed by atoms with Gasteiger partial charge in [0.05, 0.1) is 11.6 Å². The molecule has 1 aliphatic rings. The van der Waals surface area contributed by atoms with Crippen molar-refractivity contribution in [2.75, 3.05) is 13.6 Å². The van der Waals surface area contributed by atoms with E-state index in [9.17, 15) is 24.0 Å². The number of carbonyl (C=O) groups is 5. The van der Waals surface area contributed by atoms with E-state index in [4.69, 9.17) is 5.73 Å². The molecule has 1 aromatic rings. The lowest BCUT2D eigenvalue weighted by atomic mass is 9.89. The fourth-order valence-corrected chi connectivity index (χ4v) is 4.03. The highest BCUT2D eigenvalue weighted by Crippen LogP contribution is 2.18. The van der Waals surface area contributed by atoms with Crippen LogP contribution in [0.3, 0.4) is 0 Å². The molecule has 1 heterocycles. The van der Waals surface area contributed by atoms with E-state index >= 15 is 0 Å². The highest BCUT2D eigenvalue weighted by molar-refractivity contribution is 6.38. The lowest BCUT2D eigenvalue weighted by Crippen LogP contribution is -2.57. The molecule has 0 aliphatic carbocycles. The molecule has 0 radical (unpaired) electrons. The summed E-state index contributed by atoms with van der Waals surface area (Å²) in [6.45, 7) is 5.73. The third kappa shape index (κ3) is 9.45. The molecular weight excluding hydrogens is 488 g/mol. The van der Waals surface area contributed by atoms with Gasteiger partial charge >= 0.3 is 0 Å². The first-order valence-corrected chi connectivity index (χ1v) is 12.6. The Kier molecular flexibility index (Phi) is 11.2. The second kappa shape index (κ2) is 14.1. The normalized spacial score (nSPS) is 17.7. The van der Waals surface area contributed by atoms with Crippen LogP contribution in [-0.4, -0.2) is 66.8 Å². The molecule has 11 nitrogen and oxygen atoms in total. The van der Waals surface area contributed by atoms with Gasteiger partial charge in [-0.2, -0.15) is 0 Å². The van der Waals surface area contributed by atoms with Gasteiger partial charge in [0.1, 0.15) is 6.04 Å². The summed E-state index contributed by atoms with van der Waals surface area (Å²) >= 11 is 0. The zero-order chi connectivity index (χ0) is 28.3. The van der Waals surface area contributed by atoms with Gasteiger partial charge in [-0.1, -0.05) is 30.3 Å². The molecule has 0 bridgehead atoms. The minimum atomic E-state index is -1.27. The highest BCUT2D eigenvalue weighted by Gasteiger charge is 2.35. The number of ketones is 1. The summed E-state index contributed by atoms with van der Waals surface area (Å²) < 4.78 is 0. The summed E-state index contributed by atoms with van der Waals surface area (Å²) in [6, 6.07) is 6.64. The summed E-state index contributed by atoms with van der Waals surface area (Å²) in [4.78, 5) is 68.4. The predicted molar refractivity (Wildman–Crippen MR) is 144 cm³/mol. The number of amides is 4. The van der Waals surface area contributed by atoms with Crippen molar-refractivity contribution in [3.05, 3.63) is 47.7 Å². The second-order valence-corrected chi connectivity index (χ2v) is 10.2. The Morgan fingerprint density at radius 2 is 1.79 bits per heavy atom. The molecule has 0 aromatic heterocycles. The van der Waals surface area contributed by atoms with E-state index < -0.39 is 47.0 Å². The molecule has 206 valence electrons. The molecule has 0 unspecified atom stereocenters. The monoisotopic (exact) mass is 526 g/mol. The molecule has 11 heteroatoms. The number of Topliss-reactive ketones (excluding diaryl/α,β-unsaturated/α-hetero) is 1. The number of nitrogens with one attached hydrogen (secondary N) is 4. The number of benzene rings is 1. The Bertz CT molecular complexity index is 1080. The highest BCUT2D eigenvalue weighted by atomic mass is 16.2. The van der Waals surface area contributed by atoms with E-state index in [0.717, 1.165) is 18.2 Å². The van der Waals surface area contributed by atoms with Gasteiger partial charge in [0.15, 0.2) is 0 Å². The van der Waals surface area contributed by atoms with Crippen molar-refractivity contribution in [1.29, 1.82) is 0 Å². The van der Waals surface area contributed by atoms with Crippen LogP contribution in [0.5, 0.6) is 0 Å². The first-order chi connectivity index (χ1) is 17.9. The summed E-state index contributed by atoms with van der Waals surface area (Å²) in [7, 11) is 1.48. The number of hydrogen-bond acceptors (Lipinski definition) is 7. The van der Waals surface area contributed by atoms with E-state index in [1.54, 1.807) is 45.0 Å². The largest absolute Gasteiger partial charge is 0.404 e. The Balaban J connectivity index is 2.33. The zero-order valence-corrected chi connectivity index (χ0v) is 22.4. The van der Waals surface area contributed by atoms with Crippen molar-refractivity contribution in [3.8, 4) is 0 Å². The van der Waals surface area contributed by atoms with Crippen molar-refractivity contribution in [2.45, 2.75) is 64.1 Å². The van der Waals surface area contributed by atoms with Crippen molar-refractivity contribution in [1.82, 2.24) is 21.3 Å². The van der Waals surface area contributed by atoms with E-state index in [-0.39, 0.29) is 24.3 Å². The lowest BCUT2D eigenvalue weighted by Gasteiger charge is -2.28. The SMILES string of the molecule is CN=CC(=CN)C(=O)N[C@@H](Cc1ccccc1)C(=O)N[C@@H](C[C@@H]1CCCNC1=O)C(=O)C(=O)NC(C)(C)C. The Hall–Kier alpha value is -4.02. The molecule has 0 saturated carbocycles. The van der Waals surface area contributed by atoms with Crippen LogP contribution in [0.1, 0.15) is 45.6 Å². The molecule has 6 N–H and O–H groups in total. The quantitative estimate of drug-likeness (QED) is 0.156. The third-order valence-corrected chi connectivity index (χ3v) is 5.88. The number of hydrogen-bond donors (Lipinski definition) is 5. The lowest BCUT2D eigenvalue weighted by molar-refractivity contribution is -0.142. The summed E-state index contributed by atoms with van der Waals surface area (Å²) in [5, 5.41) is 10.7. The molecule has 1 aliphatic heterocycles. The minimum absolute atomic E-state index is 0.0452. The molecule has 3 atom stereocenters. The van der Waals surface area contributed by atoms with Gasteiger partial charge in [-0.25, -0.2) is 0 Å². The smallest absolute Gasteiger partial charge is 0.290 e. The van der Waals surface area contributed by atoms with E-state index in [1.807, 2.05) is 6.07 Å². The molecule has 4 amide bonds. The van der Waals surface area contributed by atoms with Crippen LogP contribution in [0.15, 0.2) is 47.1 Å². The first kappa shape index (κ1) is 30.2. The van der Waals surface area contributed by atoms with Gasteiger partial charge in [0, 0.05) is 43.9 Å². The molecular formula is C27H38N6O5. The van der Waals surface area contributed by atoms with Gasteiger partial charge in [0.2, 0.25) is 17.6 Å². The van der Waals surface area contributed by atoms with Gasteiger partial charge in [0.25, 0.3) is 11.8 Å². The molecule has 1 saturated heterocycles. The number of rotatable bonds is 11. The van der Waals surface area contributed by atoms with Crippen molar-refractivity contribution >= 4 is 35.6 Å². The summed E-state index contributed by atoms with van der Waals surface area (Å²) in [5.74, 6) is -3.81. The van der Waals surface area contributed by atoms with Gasteiger partial charge < -0.3 is 27.0 Å². The fourth-order valence-electron chi connectivity index (χ4n) is 4.03. The second-order valence-electron chi connectivity index (χ2n) is 10.2. The molecule has 1 aromatic carbocycles. The predicted octanol–water partition coefficient (Wildman–Crippen LogP) is 0.142. The van der Waals surface area contributed by atoms with Crippen LogP contribution in [0, 0.1) is 5.92 Å². The van der Waals surface area contributed by atoms with Crippen molar-refractivity contribution < 1.29 is 24.0 Å². The van der Waals surface area contributed by atoms with Crippen LogP contribution >= 0.6 is 0 Å². The first-order valence-electron chi connectivity index (χ1n) is 12.6.